The third-order valence-corrected chi connectivity index (χ3v) is 4.24. The first kappa shape index (κ1) is 15.1. The average Bonchev–Trinajstić information content (AvgIpc) is 2.70. The highest BCUT2D eigenvalue weighted by Gasteiger charge is 2.24. The lowest BCUT2D eigenvalue weighted by Gasteiger charge is -2.32. The quantitative estimate of drug-likeness (QED) is 0.852. The summed E-state index contributed by atoms with van der Waals surface area (Å²) < 4.78 is 0. The topological polar surface area (TPSA) is 74.5 Å². The van der Waals surface area contributed by atoms with E-state index in [1.807, 2.05) is 20.8 Å². The van der Waals surface area contributed by atoms with Crippen molar-refractivity contribution in [1.29, 1.82) is 0 Å². The molecule has 0 spiro atoms. The normalized spacial score (nSPS) is 17.3. The first-order valence-electron chi connectivity index (χ1n) is 6.78. The van der Waals surface area contributed by atoms with Gasteiger partial charge in [-0.1, -0.05) is 11.3 Å². The van der Waals surface area contributed by atoms with Crippen molar-refractivity contribution in [2.45, 2.75) is 26.3 Å². The summed E-state index contributed by atoms with van der Waals surface area (Å²) in [5.74, 6) is 0.179. The fourth-order valence-corrected chi connectivity index (χ4v) is 2.95. The summed E-state index contributed by atoms with van der Waals surface area (Å²) in [6.07, 6.45) is 0. The molecule has 1 aliphatic rings. The van der Waals surface area contributed by atoms with Crippen molar-refractivity contribution in [3.05, 3.63) is 4.88 Å². The molecule has 1 amide bonds. The molecule has 112 valence electrons. The van der Waals surface area contributed by atoms with Crippen LogP contribution in [0, 0.1) is 0 Å². The van der Waals surface area contributed by atoms with E-state index in [1.165, 1.54) is 11.3 Å². The van der Waals surface area contributed by atoms with Gasteiger partial charge < -0.3 is 20.9 Å². The molecule has 1 aliphatic heterocycles. The molecular formula is C13H23N5OS. The number of nitrogen functional groups attached to an aromatic ring is 1. The Labute approximate surface area is 124 Å². The van der Waals surface area contributed by atoms with Crippen LogP contribution < -0.4 is 16.0 Å². The van der Waals surface area contributed by atoms with Crippen molar-refractivity contribution < 1.29 is 4.79 Å². The average molecular weight is 297 g/mol. The number of rotatable bonds is 2. The van der Waals surface area contributed by atoms with Gasteiger partial charge in [-0.2, -0.15) is 0 Å². The highest BCUT2D eigenvalue weighted by molar-refractivity contribution is 7.18. The second kappa shape index (κ2) is 5.57. The van der Waals surface area contributed by atoms with Gasteiger partial charge in [-0.25, -0.2) is 4.98 Å². The van der Waals surface area contributed by atoms with E-state index in [0.29, 0.717) is 10.7 Å². The molecule has 0 radical (unpaired) electrons. The predicted octanol–water partition coefficient (Wildman–Crippen LogP) is 1.01. The molecule has 0 aliphatic carbocycles. The largest absolute Gasteiger partial charge is 0.382 e. The maximum absolute atomic E-state index is 12.2. The summed E-state index contributed by atoms with van der Waals surface area (Å²) in [7, 11) is 2.11. The number of amides is 1. The van der Waals surface area contributed by atoms with E-state index in [0.717, 1.165) is 31.3 Å². The lowest BCUT2D eigenvalue weighted by molar-refractivity contribution is 0.0924. The van der Waals surface area contributed by atoms with Crippen LogP contribution in [0.3, 0.4) is 0 Å². The maximum atomic E-state index is 12.2. The fraction of sp³-hybridized carbons (Fsp3) is 0.692. The van der Waals surface area contributed by atoms with Gasteiger partial charge in [0.2, 0.25) is 0 Å². The predicted molar refractivity (Wildman–Crippen MR) is 83.5 cm³/mol. The minimum atomic E-state index is -0.276. The Morgan fingerprint density at radius 2 is 1.90 bits per heavy atom. The van der Waals surface area contributed by atoms with Crippen LogP contribution in [0.5, 0.6) is 0 Å². The fourth-order valence-electron chi connectivity index (χ4n) is 2.01. The molecule has 7 heteroatoms. The standard InChI is InChI=1S/C13H23N5OS/c1-13(2,3)16-11(19)9-10(14)15-12(20-9)18-7-5-17(4)6-8-18/h5-8,14H2,1-4H3,(H,16,19). The van der Waals surface area contributed by atoms with Gasteiger partial charge in [0.25, 0.3) is 5.91 Å². The van der Waals surface area contributed by atoms with E-state index in [2.05, 4.69) is 27.1 Å². The van der Waals surface area contributed by atoms with Crippen molar-refractivity contribution >= 4 is 28.2 Å². The molecule has 0 atom stereocenters. The van der Waals surface area contributed by atoms with Crippen molar-refractivity contribution in [3.63, 3.8) is 0 Å². The van der Waals surface area contributed by atoms with E-state index >= 15 is 0 Å². The zero-order valence-corrected chi connectivity index (χ0v) is 13.4. The lowest BCUT2D eigenvalue weighted by atomic mass is 10.1. The van der Waals surface area contributed by atoms with Crippen LogP contribution in [0.25, 0.3) is 0 Å². The molecule has 2 heterocycles. The van der Waals surface area contributed by atoms with Crippen LogP contribution in [0.2, 0.25) is 0 Å². The molecule has 0 bridgehead atoms. The summed E-state index contributed by atoms with van der Waals surface area (Å²) in [6.45, 7) is 9.69. The number of thiazole rings is 1. The number of anilines is 2. The van der Waals surface area contributed by atoms with Gasteiger partial charge in [-0.3, -0.25) is 4.79 Å². The number of nitrogens with one attached hydrogen (secondary N) is 1. The summed E-state index contributed by atoms with van der Waals surface area (Å²) in [6, 6.07) is 0. The van der Waals surface area contributed by atoms with Gasteiger partial charge in [-0.15, -0.1) is 0 Å². The molecule has 1 fully saturated rings. The van der Waals surface area contributed by atoms with Crippen LogP contribution in [-0.4, -0.2) is 54.6 Å². The monoisotopic (exact) mass is 297 g/mol. The zero-order valence-electron chi connectivity index (χ0n) is 12.6. The number of carbonyl (C=O) groups is 1. The van der Waals surface area contributed by atoms with Crippen molar-refractivity contribution in [3.8, 4) is 0 Å². The Kier molecular flexibility index (Phi) is 4.19. The summed E-state index contributed by atoms with van der Waals surface area (Å²) in [5, 5.41) is 3.77. The number of hydrogen-bond donors (Lipinski definition) is 2. The Morgan fingerprint density at radius 3 is 2.45 bits per heavy atom. The van der Waals surface area contributed by atoms with Crippen LogP contribution in [-0.2, 0) is 0 Å². The van der Waals surface area contributed by atoms with Gasteiger partial charge in [-0.05, 0) is 27.8 Å². The first-order chi connectivity index (χ1) is 9.26. The van der Waals surface area contributed by atoms with Crippen molar-refractivity contribution in [2.75, 3.05) is 43.9 Å². The van der Waals surface area contributed by atoms with Gasteiger partial charge in [0, 0.05) is 31.7 Å². The minimum Gasteiger partial charge on any atom is -0.382 e. The molecule has 20 heavy (non-hydrogen) atoms. The van der Waals surface area contributed by atoms with E-state index in [1.54, 1.807) is 0 Å². The molecule has 0 saturated carbocycles. The molecule has 1 saturated heterocycles. The van der Waals surface area contributed by atoms with E-state index in [-0.39, 0.29) is 11.4 Å². The van der Waals surface area contributed by atoms with E-state index in [9.17, 15) is 4.79 Å². The molecule has 1 aromatic rings. The third-order valence-electron chi connectivity index (χ3n) is 3.11. The third kappa shape index (κ3) is 3.61. The highest BCUT2D eigenvalue weighted by Crippen LogP contribution is 2.29. The van der Waals surface area contributed by atoms with Crippen molar-refractivity contribution in [2.24, 2.45) is 0 Å². The molecule has 3 N–H and O–H groups in total. The summed E-state index contributed by atoms with van der Waals surface area (Å²) in [5.41, 5.74) is 5.62. The van der Waals surface area contributed by atoms with Gasteiger partial charge in [0.05, 0.1) is 0 Å². The Hall–Kier alpha value is -1.34. The Morgan fingerprint density at radius 1 is 1.30 bits per heavy atom. The zero-order chi connectivity index (χ0) is 14.9. The Bertz CT molecular complexity index is 485. The van der Waals surface area contributed by atoms with E-state index < -0.39 is 0 Å². The van der Waals surface area contributed by atoms with E-state index in [4.69, 9.17) is 5.73 Å². The van der Waals surface area contributed by atoms with Gasteiger partial charge in [0.1, 0.15) is 10.7 Å². The van der Waals surface area contributed by atoms with Crippen LogP contribution in [0.1, 0.15) is 30.4 Å². The number of aromatic nitrogens is 1. The second-order valence-electron chi connectivity index (χ2n) is 6.21. The first-order valence-corrected chi connectivity index (χ1v) is 7.60. The smallest absolute Gasteiger partial charge is 0.265 e. The van der Waals surface area contributed by atoms with Crippen LogP contribution in [0.15, 0.2) is 0 Å². The minimum absolute atomic E-state index is 0.145. The second-order valence-corrected chi connectivity index (χ2v) is 7.18. The molecule has 0 unspecified atom stereocenters. The number of carbonyl (C=O) groups excluding carboxylic acids is 1. The molecule has 0 aromatic carbocycles. The summed E-state index contributed by atoms with van der Waals surface area (Å²) >= 11 is 1.38. The maximum Gasteiger partial charge on any atom is 0.265 e. The molecule has 2 rings (SSSR count). The van der Waals surface area contributed by atoms with Crippen LogP contribution in [0.4, 0.5) is 10.9 Å². The molecular weight excluding hydrogens is 274 g/mol. The SMILES string of the molecule is CN1CCN(c2nc(N)c(C(=O)NC(C)(C)C)s2)CC1. The lowest BCUT2D eigenvalue weighted by Crippen LogP contribution is -2.44. The van der Waals surface area contributed by atoms with Gasteiger partial charge in [0.15, 0.2) is 5.13 Å². The van der Waals surface area contributed by atoms with Gasteiger partial charge >= 0.3 is 0 Å². The number of hydrogen-bond acceptors (Lipinski definition) is 6. The summed E-state index contributed by atoms with van der Waals surface area (Å²) in [4.78, 5) is 21.5. The van der Waals surface area contributed by atoms with Crippen LogP contribution >= 0.6 is 11.3 Å². The number of piperazine rings is 1. The number of nitrogens with two attached hydrogens (primary N) is 1. The van der Waals surface area contributed by atoms with Crippen molar-refractivity contribution in [1.82, 2.24) is 15.2 Å². The number of nitrogens with zero attached hydrogens (tertiary/aromatic N) is 3. The highest BCUT2D eigenvalue weighted by atomic mass is 32.1. The molecule has 6 nitrogen and oxygen atoms in total. The Balaban J connectivity index is 2.11. The number of likely N-dealkylation sites (N-methyl/N-ethyl adjacent to an activating group) is 1. The molecule has 1 aromatic heterocycles.